The average Bonchev–Trinajstić information content (AvgIpc) is 3.30. The fourth-order valence-corrected chi connectivity index (χ4v) is 4.06. The standard InChI is InChI=1S/C17H16FN5O6S/c18-30(27,28)16(26)12-10(24)6-17(29-12,13(25)9-4-2-1-3-5-9)23-8-22-11-14(19)20-7-21-15(11)23/h1-5,7-8,10,12,16,24,26H,6H2,(H2,19,20,21). The Kier molecular flexibility index (Phi) is 4.77. The van der Waals surface area contributed by atoms with Crippen LogP contribution in [0.4, 0.5) is 9.70 Å². The maximum absolute atomic E-state index is 13.5. The summed E-state index contributed by atoms with van der Waals surface area (Å²) in [7, 11) is -5.49. The summed E-state index contributed by atoms with van der Waals surface area (Å²) in [4.78, 5) is 25.4. The number of hydrogen-bond donors (Lipinski definition) is 3. The van der Waals surface area contributed by atoms with Crippen LogP contribution in [0.3, 0.4) is 0 Å². The molecular formula is C17H16FN5O6S. The maximum atomic E-state index is 13.5. The normalized spacial score (nSPS) is 25.4. The lowest BCUT2D eigenvalue weighted by Crippen LogP contribution is -2.44. The third-order valence-electron chi connectivity index (χ3n) is 4.91. The Bertz CT molecular complexity index is 1220. The van der Waals surface area contributed by atoms with Gasteiger partial charge < -0.3 is 20.7 Å². The van der Waals surface area contributed by atoms with E-state index < -0.39 is 45.8 Å². The molecule has 1 fully saturated rings. The van der Waals surface area contributed by atoms with Crippen molar-refractivity contribution in [3.8, 4) is 0 Å². The van der Waals surface area contributed by atoms with E-state index in [-0.39, 0.29) is 22.5 Å². The molecule has 0 amide bonds. The van der Waals surface area contributed by atoms with E-state index >= 15 is 0 Å². The number of halogens is 1. The summed E-state index contributed by atoms with van der Waals surface area (Å²) in [6.45, 7) is 0. The average molecular weight is 437 g/mol. The molecule has 30 heavy (non-hydrogen) atoms. The Morgan fingerprint density at radius 3 is 2.67 bits per heavy atom. The van der Waals surface area contributed by atoms with Gasteiger partial charge in [-0.05, 0) is 0 Å². The van der Waals surface area contributed by atoms with Crippen LogP contribution in [0.2, 0.25) is 0 Å². The molecule has 3 aromatic rings. The quantitative estimate of drug-likeness (QED) is 0.356. The Labute approximate surface area is 169 Å². The van der Waals surface area contributed by atoms with Crippen LogP contribution in [-0.2, 0) is 20.7 Å². The van der Waals surface area contributed by atoms with E-state index in [0.717, 1.165) is 10.9 Å². The number of ether oxygens (including phenoxy) is 1. The summed E-state index contributed by atoms with van der Waals surface area (Å²) in [5, 5.41) is 20.3. The minimum Gasteiger partial charge on any atom is -0.390 e. The van der Waals surface area contributed by atoms with Gasteiger partial charge in [0.25, 0.3) is 0 Å². The van der Waals surface area contributed by atoms with Crippen LogP contribution in [0.5, 0.6) is 0 Å². The predicted octanol–water partition coefficient (Wildman–Crippen LogP) is -0.288. The zero-order chi connectivity index (χ0) is 21.7. The molecule has 13 heteroatoms. The number of ketones is 1. The van der Waals surface area contributed by atoms with Crippen molar-refractivity contribution in [1.82, 2.24) is 19.5 Å². The number of carbonyl (C=O) groups is 1. The van der Waals surface area contributed by atoms with Gasteiger partial charge in [-0.3, -0.25) is 9.36 Å². The van der Waals surface area contributed by atoms with Gasteiger partial charge in [0, 0.05) is 12.0 Å². The molecule has 158 valence electrons. The first-order chi connectivity index (χ1) is 14.1. The highest BCUT2D eigenvalue weighted by molar-refractivity contribution is 7.86. The van der Waals surface area contributed by atoms with Gasteiger partial charge >= 0.3 is 10.2 Å². The number of aliphatic hydroxyl groups excluding tert-OH is 2. The number of benzene rings is 1. The number of anilines is 1. The van der Waals surface area contributed by atoms with Crippen molar-refractivity contribution in [3.05, 3.63) is 48.5 Å². The SMILES string of the molecule is Nc1ncnc2c1ncn2C1(C(=O)c2ccccc2)CC(O)C(C(O)S(=O)(=O)F)O1. The smallest absolute Gasteiger partial charge is 0.332 e. The van der Waals surface area contributed by atoms with Crippen molar-refractivity contribution in [3.63, 3.8) is 0 Å². The van der Waals surface area contributed by atoms with Crippen LogP contribution >= 0.6 is 0 Å². The van der Waals surface area contributed by atoms with Crippen LogP contribution < -0.4 is 5.73 Å². The molecule has 4 rings (SSSR count). The number of nitrogens with zero attached hydrogens (tertiary/aromatic N) is 4. The van der Waals surface area contributed by atoms with Crippen LogP contribution in [0.25, 0.3) is 11.2 Å². The second-order valence-corrected chi connectivity index (χ2v) is 8.18. The second kappa shape index (κ2) is 7.05. The first-order valence-corrected chi connectivity index (χ1v) is 10.1. The molecule has 1 aromatic carbocycles. The molecule has 1 aliphatic rings. The molecule has 4 N–H and O–H groups in total. The van der Waals surface area contributed by atoms with E-state index in [9.17, 15) is 27.3 Å². The van der Waals surface area contributed by atoms with Crippen LogP contribution in [0, 0.1) is 0 Å². The Balaban J connectivity index is 1.91. The molecule has 4 atom stereocenters. The molecule has 2 aromatic heterocycles. The number of nitrogens with two attached hydrogens (primary N) is 1. The zero-order valence-electron chi connectivity index (χ0n) is 15.2. The van der Waals surface area contributed by atoms with Gasteiger partial charge in [-0.15, -0.1) is 3.89 Å². The number of imidazole rings is 1. The van der Waals surface area contributed by atoms with Gasteiger partial charge in [-0.1, -0.05) is 30.3 Å². The number of nitrogen functional groups attached to an aromatic ring is 1. The highest BCUT2D eigenvalue weighted by atomic mass is 32.3. The fourth-order valence-electron chi connectivity index (χ4n) is 3.50. The van der Waals surface area contributed by atoms with E-state index in [1.165, 1.54) is 18.5 Å². The summed E-state index contributed by atoms with van der Waals surface area (Å²) < 4.78 is 42.6. The predicted molar refractivity (Wildman–Crippen MR) is 100 cm³/mol. The van der Waals surface area contributed by atoms with Crippen molar-refractivity contribution in [1.29, 1.82) is 0 Å². The van der Waals surface area contributed by atoms with Gasteiger partial charge in [-0.2, -0.15) is 8.42 Å². The molecule has 0 spiro atoms. The lowest BCUT2D eigenvalue weighted by Gasteiger charge is -2.30. The molecule has 0 radical (unpaired) electrons. The first kappa shape index (κ1) is 20.3. The molecule has 3 heterocycles. The summed E-state index contributed by atoms with van der Waals surface area (Å²) in [5.41, 5.74) is 1.37. The van der Waals surface area contributed by atoms with Crippen molar-refractivity contribution < 1.29 is 32.0 Å². The number of hydrogen-bond acceptors (Lipinski definition) is 10. The Morgan fingerprint density at radius 2 is 2.00 bits per heavy atom. The van der Waals surface area contributed by atoms with Gasteiger partial charge in [0.05, 0.1) is 12.4 Å². The summed E-state index contributed by atoms with van der Waals surface area (Å²) >= 11 is 0. The molecule has 1 aliphatic heterocycles. The lowest BCUT2D eigenvalue weighted by atomic mass is 9.96. The number of carbonyl (C=O) groups excluding carboxylic acids is 1. The van der Waals surface area contributed by atoms with Crippen molar-refractivity contribution in [2.24, 2.45) is 0 Å². The Hall–Kier alpha value is -3.00. The van der Waals surface area contributed by atoms with E-state index in [1.807, 2.05) is 0 Å². The van der Waals surface area contributed by atoms with Crippen molar-refractivity contribution >= 4 is 33.0 Å². The minimum absolute atomic E-state index is 0.0162. The maximum Gasteiger partial charge on any atom is 0.332 e. The third kappa shape index (κ3) is 3.11. The van der Waals surface area contributed by atoms with E-state index in [1.54, 1.807) is 18.2 Å². The van der Waals surface area contributed by atoms with E-state index in [4.69, 9.17) is 10.5 Å². The molecule has 0 aliphatic carbocycles. The minimum atomic E-state index is -5.49. The van der Waals surface area contributed by atoms with Gasteiger partial charge in [0.15, 0.2) is 11.5 Å². The highest BCUT2D eigenvalue weighted by Gasteiger charge is 2.57. The van der Waals surface area contributed by atoms with Crippen molar-refractivity contribution in [2.75, 3.05) is 5.73 Å². The highest BCUT2D eigenvalue weighted by Crippen LogP contribution is 2.41. The van der Waals surface area contributed by atoms with Gasteiger partial charge in [0.2, 0.25) is 16.9 Å². The molecule has 4 unspecified atom stereocenters. The van der Waals surface area contributed by atoms with E-state index in [2.05, 4.69) is 15.0 Å². The fraction of sp³-hybridized carbons (Fsp3) is 0.294. The number of aliphatic hydroxyl groups is 2. The molecule has 11 nitrogen and oxygen atoms in total. The topological polar surface area (TPSA) is 171 Å². The van der Waals surface area contributed by atoms with Gasteiger partial charge in [0.1, 0.15) is 17.9 Å². The number of fused-ring (bicyclic) bond motifs is 1. The number of Topliss-reactive ketones (excluding diaryl/α,β-unsaturated/α-hetero) is 1. The van der Waals surface area contributed by atoms with Crippen molar-refractivity contribution in [2.45, 2.75) is 29.8 Å². The molecule has 1 saturated heterocycles. The zero-order valence-corrected chi connectivity index (χ0v) is 16.0. The summed E-state index contributed by atoms with van der Waals surface area (Å²) in [5.74, 6) is -0.674. The number of rotatable bonds is 5. The number of aromatic nitrogens is 4. The first-order valence-electron chi connectivity index (χ1n) is 8.66. The lowest BCUT2D eigenvalue weighted by molar-refractivity contribution is -0.0993. The van der Waals surface area contributed by atoms with Crippen LogP contribution in [-0.4, -0.2) is 61.6 Å². The second-order valence-electron chi connectivity index (χ2n) is 6.75. The largest absolute Gasteiger partial charge is 0.390 e. The van der Waals surface area contributed by atoms with Crippen LogP contribution in [0.1, 0.15) is 16.8 Å². The summed E-state index contributed by atoms with van der Waals surface area (Å²) in [6, 6.07) is 7.83. The Morgan fingerprint density at radius 1 is 1.30 bits per heavy atom. The van der Waals surface area contributed by atoms with Crippen LogP contribution in [0.15, 0.2) is 43.0 Å². The molecular weight excluding hydrogens is 421 g/mol. The summed E-state index contributed by atoms with van der Waals surface area (Å²) in [6.07, 6.45) is -1.85. The molecule has 0 saturated carbocycles. The molecule has 0 bridgehead atoms. The van der Waals surface area contributed by atoms with Gasteiger partial charge in [-0.25, -0.2) is 15.0 Å². The van der Waals surface area contributed by atoms with E-state index in [0.29, 0.717) is 0 Å². The third-order valence-corrected chi connectivity index (χ3v) is 5.75. The monoisotopic (exact) mass is 437 g/mol.